The third-order valence-electron chi connectivity index (χ3n) is 0.843. The summed E-state index contributed by atoms with van der Waals surface area (Å²) in [5.41, 5.74) is 0. The molecular formula is C6H17NO2S2. The molecule has 0 heterocycles. The highest BCUT2D eigenvalue weighted by atomic mass is 32.1. The van der Waals surface area contributed by atoms with Gasteiger partial charge in [-0.3, -0.25) is 0 Å². The molecule has 5 heteroatoms. The van der Waals surface area contributed by atoms with Crippen LogP contribution in [0.5, 0.6) is 0 Å². The van der Waals surface area contributed by atoms with Crippen molar-refractivity contribution in [3.63, 3.8) is 0 Å². The maximum absolute atomic E-state index is 5.10. The molecule has 0 aromatic heterocycles. The minimum absolute atomic E-state index is 0. The van der Waals surface area contributed by atoms with E-state index in [-0.39, 0.29) is 6.15 Å². The van der Waals surface area contributed by atoms with Crippen molar-refractivity contribution in [3.05, 3.63) is 0 Å². The molecule has 0 unspecified atom stereocenters. The first-order valence-electron chi connectivity index (χ1n) is 3.29. The molecule has 0 atom stereocenters. The summed E-state index contributed by atoms with van der Waals surface area (Å²) in [6, 6.07) is 0. The van der Waals surface area contributed by atoms with E-state index in [4.69, 9.17) is 9.47 Å². The molecule has 0 saturated carbocycles. The van der Waals surface area contributed by atoms with E-state index in [9.17, 15) is 0 Å². The van der Waals surface area contributed by atoms with Crippen LogP contribution in [-0.4, -0.2) is 37.9 Å². The molecule has 0 amide bonds. The van der Waals surface area contributed by atoms with Gasteiger partial charge in [0.1, 0.15) is 0 Å². The molecule has 70 valence electrons. The molecule has 0 bridgehead atoms. The Labute approximate surface area is 79.2 Å². The van der Waals surface area contributed by atoms with E-state index in [0.717, 1.165) is 11.5 Å². The van der Waals surface area contributed by atoms with Crippen LogP contribution < -0.4 is 6.15 Å². The molecule has 0 rings (SSSR count). The van der Waals surface area contributed by atoms with Gasteiger partial charge in [0.2, 0.25) is 0 Å². The third-order valence-corrected chi connectivity index (χ3v) is 1.21. The third kappa shape index (κ3) is 13.6. The van der Waals surface area contributed by atoms with E-state index in [0.29, 0.717) is 26.4 Å². The lowest BCUT2D eigenvalue weighted by molar-refractivity contribution is 0.0606. The molecule has 0 aromatic rings. The summed E-state index contributed by atoms with van der Waals surface area (Å²) in [4.78, 5) is 0. The lowest BCUT2D eigenvalue weighted by atomic mass is 10.7. The molecule has 0 aliphatic carbocycles. The van der Waals surface area contributed by atoms with Gasteiger partial charge in [-0.2, -0.15) is 25.3 Å². The summed E-state index contributed by atoms with van der Waals surface area (Å²) in [5, 5.41) is 0. The van der Waals surface area contributed by atoms with E-state index in [1.807, 2.05) is 0 Å². The van der Waals surface area contributed by atoms with Crippen LogP contribution in [0.15, 0.2) is 0 Å². The maximum Gasteiger partial charge on any atom is 0.0700 e. The van der Waals surface area contributed by atoms with Gasteiger partial charge in [-0.1, -0.05) is 0 Å². The topological polar surface area (TPSA) is 53.5 Å². The molecule has 0 aliphatic rings. The van der Waals surface area contributed by atoms with Crippen molar-refractivity contribution < 1.29 is 9.47 Å². The first kappa shape index (κ1) is 14.1. The van der Waals surface area contributed by atoms with Crippen molar-refractivity contribution in [1.82, 2.24) is 6.15 Å². The predicted octanol–water partition coefficient (Wildman–Crippen LogP) is 1.04. The van der Waals surface area contributed by atoms with E-state index < -0.39 is 0 Å². The number of thiol groups is 2. The zero-order chi connectivity index (χ0) is 7.66. The van der Waals surface area contributed by atoms with Gasteiger partial charge in [-0.05, 0) is 0 Å². The predicted molar refractivity (Wildman–Crippen MR) is 54.4 cm³/mol. The van der Waals surface area contributed by atoms with Crippen LogP contribution in [-0.2, 0) is 9.47 Å². The zero-order valence-electron chi connectivity index (χ0n) is 6.66. The van der Waals surface area contributed by atoms with Crippen molar-refractivity contribution in [2.45, 2.75) is 0 Å². The van der Waals surface area contributed by atoms with Gasteiger partial charge in [0.05, 0.1) is 26.4 Å². The summed E-state index contributed by atoms with van der Waals surface area (Å²) in [6.45, 7) is 2.73. The average molecular weight is 199 g/mol. The highest BCUT2D eigenvalue weighted by molar-refractivity contribution is 7.80. The highest BCUT2D eigenvalue weighted by Gasteiger charge is 1.86. The van der Waals surface area contributed by atoms with Gasteiger partial charge >= 0.3 is 0 Å². The second kappa shape index (κ2) is 13.2. The van der Waals surface area contributed by atoms with Gasteiger partial charge in [-0.15, -0.1) is 0 Å². The maximum atomic E-state index is 5.10. The molecule has 0 aliphatic heterocycles. The van der Waals surface area contributed by atoms with Gasteiger partial charge in [0.15, 0.2) is 0 Å². The quantitative estimate of drug-likeness (QED) is 0.424. The Morgan fingerprint density at radius 1 is 0.727 bits per heavy atom. The smallest absolute Gasteiger partial charge is 0.0700 e. The van der Waals surface area contributed by atoms with Crippen molar-refractivity contribution in [1.29, 1.82) is 0 Å². The molecule has 3 nitrogen and oxygen atoms in total. The minimum atomic E-state index is 0. The molecule has 11 heavy (non-hydrogen) atoms. The fraction of sp³-hybridized carbons (Fsp3) is 1.00. The van der Waals surface area contributed by atoms with Crippen LogP contribution in [0.4, 0.5) is 0 Å². The first-order chi connectivity index (χ1) is 4.91. The second-order valence-electron chi connectivity index (χ2n) is 1.67. The molecule has 0 aromatic carbocycles. The highest BCUT2D eigenvalue weighted by Crippen LogP contribution is 1.81. The van der Waals surface area contributed by atoms with Crippen molar-refractivity contribution in [2.24, 2.45) is 0 Å². The monoisotopic (exact) mass is 199 g/mol. The number of hydrogen-bond acceptors (Lipinski definition) is 5. The summed E-state index contributed by atoms with van der Waals surface area (Å²) >= 11 is 7.97. The summed E-state index contributed by atoms with van der Waals surface area (Å²) in [6.07, 6.45) is 0. The van der Waals surface area contributed by atoms with E-state index in [2.05, 4.69) is 25.3 Å². The fourth-order valence-electron chi connectivity index (χ4n) is 0.451. The Hall–Kier alpha value is 0.580. The lowest BCUT2D eigenvalue weighted by Crippen LogP contribution is -2.07. The van der Waals surface area contributed by atoms with E-state index in [1.165, 1.54) is 0 Å². The SMILES string of the molecule is N.SCCOCCOCCS. The summed E-state index contributed by atoms with van der Waals surface area (Å²) in [7, 11) is 0. The standard InChI is InChI=1S/C6H14O2S2.H3N/c9-5-3-7-1-2-8-4-6-10;/h9-10H,1-6H2;1H3. The number of ether oxygens (including phenoxy) is 2. The summed E-state index contributed by atoms with van der Waals surface area (Å²) < 4.78 is 10.2. The van der Waals surface area contributed by atoms with Gasteiger partial charge in [-0.25, -0.2) is 0 Å². The average Bonchev–Trinajstić information content (AvgIpc) is 1.97. The summed E-state index contributed by atoms with van der Waals surface area (Å²) in [5.74, 6) is 1.54. The number of hydrogen-bond donors (Lipinski definition) is 3. The van der Waals surface area contributed by atoms with Crippen LogP contribution in [0, 0.1) is 0 Å². The van der Waals surface area contributed by atoms with Crippen LogP contribution in [0.1, 0.15) is 0 Å². The van der Waals surface area contributed by atoms with Crippen LogP contribution in [0.3, 0.4) is 0 Å². The van der Waals surface area contributed by atoms with Crippen molar-refractivity contribution in [3.8, 4) is 0 Å². The van der Waals surface area contributed by atoms with Crippen LogP contribution in [0.2, 0.25) is 0 Å². The normalized spacial score (nSPS) is 9.27. The number of rotatable bonds is 7. The Morgan fingerprint density at radius 3 is 1.36 bits per heavy atom. The Morgan fingerprint density at radius 2 is 1.09 bits per heavy atom. The van der Waals surface area contributed by atoms with Crippen molar-refractivity contribution in [2.75, 3.05) is 37.9 Å². The fourth-order valence-corrected chi connectivity index (χ4v) is 0.709. The lowest BCUT2D eigenvalue weighted by Gasteiger charge is -2.01. The minimum Gasteiger partial charge on any atom is -0.378 e. The Kier molecular flexibility index (Phi) is 16.9. The Bertz CT molecular complexity index is 58.5. The Balaban J connectivity index is 0. The molecule has 0 fully saturated rings. The molecule has 0 spiro atoms. The van der Waals surface area contributed by atoms with Crippen molar-refractivity contribution >= 4 is 25.3 Å². The molecular weight excluding hydrogens is 182 g/mol. The van der Waals surface area contributed by atoms with Crippen LogP contribution in [0.25, 0.3) is 0 Å². The van der Waals surface area contributed by atoms with Gasteiger partial charge in [0.25, 0.3) is 0 Å². The van der Waals surface area contributed by atoms with Gasteiger partial charge in [0, 0.05) is 11.5 Å². The molecule has 0 saturated heterocycles. The first-order valence-corrected chi connectivity index (χ1v) is 4.55. The zero-order valence-corrected chi connectivity index (χ0v) is 8.45. The van der Waals surface area contributed by atoms with Crippen LogP contribution >= 0.6 is 25.3 Å². The molecule has 0 radical (unpaired) electrons. The second-order valence-corrected chi connectivity index (χ2v) is 2.57. The largest absolute Gasteiger partial charge is 0.378 e. The van der Waals surface area contributed by atoms with E-state index in [1.54, 1.807) is 0 Å². The molecule has 3 N–H and O–H groups in total. The van der Waals surface area contributed by atoms with Gasteiger partial charge < -0.3 is 15.6 Å². The van der Waals surface area contributed by atoms with E-state index >= 15 is 0 Å².